The van der Waals surface area contributed by atoms with Gasteiger partial charge in [-0.15, -0.1) is 0 Å². The molecular formula is C26H30BrN3O2. The van der Waals surface area contributed by atoms with Gasteiger partial charge >= 0.3 is 0 Å². The molecule has 0 atom stereocenters. The summed E-state index contributed by atoms with van der Waals surface area (Å²) in [5.74, 6) is 1.49. The molecule has 168 valence electrons. The zero-order valence-corrected chi connectivity index (χ0v) is 20.5. The summed E-state index contributed by atoms with van der Waals surface area (Å²) in [6.45, 7) is 4.99. The van der Waals surface area contributed by atoms with Gasteiger partial charge in [0.25, 0.3) is 0 Å². The first-order valence-corrected chi connectivity index (χ1v) is 11.8. The van der Waals surface area contributed by atoms with Crippen LogP contribution in [0, 0.1) is 6.92 Å². The van der Waals surface area contributed by atoms with Crippen LogP contribution in [0.25, 0.3) is 11.3 Å². The van der Waals surface area contributed by atoms with Gasteiger partial charge in [0, 0.05) is 34.5 Å². The Hall–Kier alpha value is -2.57. The zero-order valence-electron chi connectivity index (χ0n) is 18.9. The van der Waals surface area contributed by atoms with Crippen molar-refractivity contribution in [1.29, 1.82) is 0 Å². The second kappa shape index (κ2) is 10.4. The molecule has 2 heterocycles. The van der Waals surface area contributed by atoms with Gasteiger partial charge in [-0.3, -0.25) is 4.98 Å². The van der Waals surface area contributed by atoms with Gasteiger partial charge in [0.1, 0.15) is 0 Å². The molecule has 1 N–H and O–H groups in total. The Morgan fingerprint density at radius 3 is 2.47 bits per heavy atom. The molecule has 5 nitrogen and oxygen atoms in total. The second-order valence-electron chi connectivity index (χ2n) is 8.16. The highest BCUT2D eigenvalue weighted by atomic mass is 79.9. The summed E-state index contributed by atoms with van der Waals surface area (Å²) in [4.78, 5) is 7.19. The molecule has 1 fully saturated rings. The number of halogens is 1. The molecule has 3 aromatic rings. The third-order valence-electron chi connectivity index (χ3n) is 6.05. The van der Waals surface area contributed by atoms with Crippen LogP contribution in [0.1, 0.15) is 24.0 Å². The van der Waals surface area contributed by atoms with E-state index in [1.807, 2.05) is 19.2 Å². The van der Waals surface area contributed by atoms with Crippen LogP contribution >= 0.6 is 15.9 Å². The Bertz CT molecular complexity index is 1050. The van der Waals surface area contributed by atoms with Gasteiger partial charge in [-0.2, -0.15) is 0 Å². The van der Waals surface area contributed by atoms with Crippen LogP contribution in [0.15, 0.2) is 59.2 Å². The molecule has 0 amide bonds. The Balaban J connectivity index is 1.65. The van der Waals surface area contributed by atoms with E-state index in [0.717, 1.165) is 65.3 Å². The molecule has 0 spiro atoms. The minimum Gasteiger partial charge on any atom is -0.493 e. The lowest BCUT2D eigenvalue weighted by atomic mass is 10.0. The van der Waals surface area contributed by atoms with Crippen molar-refractivity contribution in [3.63, 3.8) is 0 Å². The fraction of sp³-hybridized carbons (Fsp3) is 0.346. The van der Waals surface area contributed by atoms with E-state index in [0.29, 0.717) is 6.04 Å². The molecule has 2 aromatic carbocycles. The number of rotatable bonds is 7. The number of benzene rings is 2. The quantitative estimate of drug-likeness (QED) is 0.462. The standard InChI is InChI=1S/C26H30BrN3O2/c1-18-14-20(16-25(31-2)26(18)32-3)24-15-19(8-13-29-24)17-30(23-9-11-28-12-10-23)22-6-4-21(27)5-7-22/h4-8,13-16,23,28H,9-12,17H2,1-3H3. The van der Waals surface area contributed by atoms with E-state index in [4.69, 9.17) is 9.47 Å². The molecule has 0 aliphatic carbocycles. The second-order valence-corrected chi connectivity index (χ2v) is 9.08. The molecule has 4 rings (SSSR count). The van der Waals surface area contributed by atoms with Crippen molar-refractivity contribution < 1.29 is 9.47 Å². The maximum Gasteiger partial charge on any atom is 0.163 e. The van der Waals surface area contributed by atoms with Gasteiger partial charge < -0.3 is 19.7 Å². The first-order valence-electron chi connectivity index (χ1n) is 11.0. The summed E-state index contributed by atoms with van der Waals surface area (Å²) in [5.41, 5.74) is 5.48. The van der Waals surface area contributed by atoms with E-state index in [1.54, 1.807) is 14.2 Å². The SMILES string of the molecule is COc1cc(-c2cc(CN(c3ccc(Br)cc3)C3CCNCC3)ccn2)cc(C)c1OC. The minimum atomic E-state index is 0.511. The highest BCUT2D eigenvalue weighted by molar-refractivity contribution is 9.10. The van der Waals surface area contributed by atoms with Crippen molar-refractivity contribution >= 4 is 21.6 Å². The lowest BCUT2D eigenvalue weighted by molar-refractivity contribution is 0.353. The molecule has 1 saturated heterocycles. The summed E-state index contributed by atoms with van der Waals surface area (Å²) in [6.07, 6.45) is 4.19. The van der Waals surface area contributed by atoms with E-state index < -0.39 is 0 Å². The molecule has 0 bridgehead atoms. The van der Waals surface area contributed by atoms with Crippen molar-refractivity contribution in [1.82, 2.24) is 10.3 Å². The topological polar surface area (TPSA) is 46.6 Å². The molecule has 1 aromatic heterocycles. The van der Waals surface area contributed by atoms with E-state index in [9.17, 15) is 0 Å². The number of anilines is 1. The lowest BCUT2D eigenvalue weighted by Gasteiger charge is -2.36. The Morgan fingerprint density at radius 2 is 1.78 bits per heavy atom. The molecular weight excluding hydrogens is 466 g/mol. The number of nitrogens with one attached hydrogen (secondary N) is 1. The lowest BCUT2D eigenvalue weighted by Crippen LogP contribution is -2.43. The predicted molar refractivity (Wildman–Crippen MR) is 134 cm³/mol. The monoisotopic (exact) mass is 495 g/mol. The Kier molecular flexibility index (Phi) is 7.33. The molecule has 1 aliphatic heterocycles. The average Bonchev–Trinajstić information content (AvgIpc) is 2.83. The van der Waals surface area contributed by atoms with Crippen LogP contribution < -0.4 is 19.7 Å². The number of hydrogen-bond donors (Lipinski definition) is 1. The number of methoxy groups -OCH3 is 2. The number of hydrogen-bond acceptors (Lipinski definition) is 5. The van der Waals surface area contributed by atoms with Crippen LogP contribution in [0.3, 0.4) is 0 Å². The van der Waals surface area contributed by atoms with Gasteiger partial charge in [0.15, 0.2) is 11.5 Å². The zero-order chi connectivity index (χ0) is 22.5. The number of piperidine rings is 1. The number of aromatic nitrogens is 1. The highest BCUT2D eigenvalue weighted by Crippen LogP contribution is 2.35. The van der Waals surface area contributed by atoms with E-state index >= 15 is 0 Å². The number of aryl methyl sites for hydroxylation is 1. The first-order chi connectivity index (χ1) is 15.6. The van der Waals surface area contributed by atoms with Crippen LogP contribution in [0.2, 0.25) is 0 Å². The minimum absolute atomic E-state index is 0.511. The summed E-state index contributed by atoms with van der Waals surface area (Å²) < 4.78 is 12.1. The molecule has 6 heteroatoms. The van der Waals surface area contributed by atoms with Gasteiger partial charge in [-0.25, -0.2) is 0 Å². The van der Waals surface area contributed by atoms with E-state index in [1.165, 1.54) is 11.3 Å². The van der Waals surface area contributed by atoms with Crippen molar-refractivity contribution in [3.05, 3.63) is 70.3 Å². The molecule has 32 heavy (non-hydrogen) atoms. The third-order valence-corrected chi connectivity index (χ3v) is 6.57. The molecule has 0 radical (unpaired) electrons. The van der Waals surface area contributed by atoms with Crippen molar-refractivity contribution in [2.75, 3.05) is 32.2 Å². The maximum atomic E-state index is 5.55. The largest absolute Gasteiger partial charge is 0.493 e. The Morgan fingerprint density at radius 1 is 1.03 bits per heavy atom. The fourth-order valence-electron chi connectivity index (χ4n) is 4.41. The van der Waals surface area contributed by atoms with Crippen LogP contribution in [0.4, 0.5) is 5.69 Å². The Labute approximate surface area is 198 Å². The summed E-state index contributed by atoms with van der Waals surface area (Å²) in [6, 6.07) is 17.6. The van der Waals surface area contributed by atoms with Crippen molar-refractivity contribution in [2.45, 2.75) is 32.4 Å². The number of pyridine rings is 1. The van der Waals surface area contributed by atoms with Gasteiger partial charge in [0.05, 0.1) is 19.9 Å². The van der Waals surface area contributed by atoms with E-state index in [-0.39, 0.29) is 0 Å². The van der Waals surface area contributed by atoms with E-state index in [2.05, 4.69) is 73.6 Å². The molecule has 1 aliphatic rings. The summed E-state index contributed by atoms with van der Waals surface area (Å²) in [5, 5.41) is 3.48. The summed E-state index contributed by atoms with van der Waals surface area (Å²) in [7, 11) is 3.33. The van der Waals surface area contributed by atoms with Crippen LogP contribution in [0.5, 0.6) is 11.5 Å². The highest BCUT2D eigenvalue weighted by Gasteiger charge is 2.22. The normalized spacial score (nSPS) is 14.2. The number of nitrogens with zero attached hydrogens (tertiary/aromatic N) is 2. The van der Waals surface area contributed by atoms with Gasteiger partial charge in [0.2, 0.25) is 0 Å². The van der Waals surface area contributed by atoms with Crippen molar-refractivity contribution in [2.24, 2.45) is 0 Å². The number of ether oxygens (including phenoxy) is 2. The first kappa shape index (κ1) is 22.6. The summed E-state index contributed by atoms with van der Waals surface area (Å²) >= 11 is 3.56. The van der Waals surface area contributed by atoms with Crippen molar-refractivity contribution in [3.8, 4) is 22.8 Å². The van der Waals surface area contributed by atoms with Gasteiger partial charge in [-0.1, -0.05) is 15.9 Å². The van der Waals surface area contributed by atoms with Gasteiger partial charge in [-0.05, 0) is 92.5 Å². The third kappa shape index (κ3) is 5.08. The molecule has 0 unspecified atom stereocenters. The predicted octanol–water partition coefficient (Wildman–Crippen LogP) is 5.60. The molecule has 0 saturated carbocycles. The van der Waals surface area contributed by atoms with Crippen LogP contribution in [-0.4, -0.2) is 38.3 Å². The van der Waals surface area contributed by atoms with Crippen LogP contribution in [-0.2, 0) is 6.54 Å². The fourth-order valence-corrected chi connectivity index (χ4v) is 4.68. The maximum absolute atomic E-state index is 5.55. The smallest absolute Gasteiger partial charge is 0.163 e. The average molecular weight is 496 g/mol.